The number of nitrogens with zero attached hydrogens (tertiary/aromatic N) is 1. The first kappa shape index (κ1) is 14.9. The molecule has 0 unspecified atom stereocenters. The third-order valence-corrected chi connectivity index (χ3v) is 8.00. The molecule has 1 heterocycles. The topological polar surface area (TPSA) is 50.1 Å². The van der Waals surface area contributed by atoms with Crippen LogP contribution in [0.2, 0.25) is 0 Å². The Morgan fingerprint density at radius 2 is 2.08 bits per heavy atom. The Balaban J connectivity index is 1.56. The summed E-state index contributed by atoms with van der Waals surface area (Å²) in [5.41, 5.74) is 4.66. The standard InChI is InChI=1S/C21H25NO2/c22-11-9-21-8-6-19-18-3-1-14-13-15(23)2-4-16(14)17(18)5-7-20(19,21)10-12-24-21/h13,18-19H,1-10,12H2/t18-,19+,20-,21-/m1/s1. The van der Waals surface area contributed by atoms with E-state index >= 15 is 0 Å². The van der Waals surface area contributed by atoms with Gasteiger partial charge in [0.1, 0.15) is 0 Å². The number of allylic oxidation sites excluding steroid dienone is 4. The van der Waals surface area contributed by atoms with Crippen molar-refractivity contribution in [2.75, 3.05) is 6.61 Å². The molecule has 0 aromatic heterocycles. The van der Waals surface area contributed by atoms with Gasteiger partial charge in [0, 0.05) is 18.4 Å². The highest BCUT2D eigenvalue weighted by Gasteiger charge is 2.66. The second-order valence-electron chi connectivity index (χ2n) is 8.51. The van der Waals surface area contributed by atoms with Crippen LogP contribution in [0.15, 0.2) is 22.8 Å². The van der Waals surface area contributed by atoms with E-state index in [4.69, 9.17) is 4.74 Å². The maximum absolute atomic E-state index is 11.8. The van der Waals surface area contributed by atoms with Crippen LogP contribution in [-0.4, -0.2) is 18.0 Å². The minimum Gasteiger partial charge on any atom is -0.373 e. The van der Waals surface area contributed by atoms with Crippen LogP contribution in [0, 0.1) is 28.6 Å². The molecule has 24 heavy (non-hydrogen) atoms. The van der Waals surface area contributed by atoms with Gasteiger partial charge in [-0.15, -0.1) is 0 Å². The summed E-state index contributed by atoms with van der Waals surface area (Å²) in [6.45, 7) is 0.844. The van der Waals surface area contributed by atoms with Gasteiger partial charge in [0.25, 0.3) is 0 Å². The molecule has 4 aliphatic carbocycles. The monoisotopic (exact) mass is 323 g/mol. The second-order valence-corrected chi connectivity index (χ2v) is 8.51. The van der Waals surface area contributed by atoms with Gasteiger partial charge in [0.2, 0.25) is 0 Å². The number of rotatable bonds is 1. The fourth-order valence-corrected chi connectivity index (χ4v) is 7.08. The summed E-state index contributed by atoms with van der Waals surface area (Å²) in [5, 5.41) is 9.39. The summed E-state index contributed by atoms with van der Waals surface area (Å²) in [4.78, 5) is 11.8. The van der Waals surface area contributed by atoms with Crippen LogP contribution in [-0.2, 0) is 9.53 Å². The molecule has 1 aliphatic heterocycles. The molecule has 5 aliphatic rings. The minimum absolute atomic E-state index is 0.152. The Labute approximate surface area is 143 Å². The Bertz CT molecular complexity index is 712. The van der Waals surface area contributed by atoms with Crippen LogP contribution in [0.1, 0.15) is 64.2 Å². The summed E-state index contributed by atoms with van der Waals surface area (Å²) in [7, 11) is 0. The molecular weight excluding hydrogens is 298 g/mol. The van der Waals surface area contributed by atoms with Crippen molar-refractivity contribution >= 4 is 5.78 Å². The Morgan fingerprint density at radius 1 is 1.17 bits per heavy atom. The zero-order valence-electron chi connectivity index (χ0n) is 14.3. The highest BCUT2D eigenvalue weighted by molar-refractivity contribution is 5.93. The Morgan fingerprint density at radius 3 is 2.96 bits per heavy atom. The van der Waals surface area contributed by atoms with Gasteiger partial charge in [-0.25, -0.2) is 0 Å². The SMILES string of the molecule is N#CC[C@]12CC[C@H]3[C@@H]4CCC5=CC(=O)CCC5=C4CC[C@@]31CCO2. The van der Waals surface area contributed by atoms with Crippen LogP contribution < -0.4 is 0 Å². The highest BCUT2D eigenvalue weighted by atomic mass is 16.5. The van der Waals surface area contributed by atoms with E-state index in [0.717, 1.165) is 32.3 Å². The third-order valence-electron chi connectivity index (χ3n) is 8.00. The normalized spacial score (nSPS) is 43.5. The summed E-state index contributed by atoms with van der Waals surface area (Å²) >= 11 is 0. The molecule has 126 valence electrons. The van der Waals surface area contributed by atoms with Gasteiger partial charge < -0.3 is 4.74 Å². The van der Waals surface area contributed by atoms with Crippen molar-refractivity contribution in [2.24, 2.45) is 17.3 Å². The summed E-state index contributed by atoms with van der Waals surface area (Å²) < 4.78 is 6.27. The van der Waals surface area contributed by atoms with Crippen LogP contribution in [0.3, 0.4) is 0 Å². The number of carbonyl (C=O) groups is 1. The predicted octanol–water partition coefficient (Wildman–Crippen LogP) is 4.25. The zero-order chi connectivity index (χ0) is 16.4. The van der Waals surface area contributed by atoms with Gasteiger partial charge in [-0.1, -0.05) is 5.57 Å². The Kier molecular flexibility index (Phi) is 3.14. The van der Waals surface area contributed by atoms with Crippen LogP contribution in [0.25, 0.3) is 0 Å². The Hall–Kier alpha value is -1.40. The molecule has 2 saturated carbocycles. The van der Waals surface area contributed by atoms with Gasteiger partial charge in [-0.3, -0.25) is 4.79 Å². The van der Waals surface area contributed by atoms with Crippen molar-refractivity contribution in [1.29, 1.82) is 5.26 Å². The van der Waals surface area contributed by atoms with Gasteiger partial charge in [0.05, 0.1) is 18.1 Å². The maximum Gasteiger partial charge on any atom is 0.156 e. The van der Waals surface area contributed by atoms with Crippen molar-refractivity contribution in [3.05, 3.63) is 22.8 Å². The van der Waals surface area contributed by atoms with E-state index in [-0.39, 0.29) is 11.0 Å². The van der Waals surface area contributed by atoms with E-state index in [1.165, 1.54) is 36.8 Å². The lowest BCUT2D eigenvalue weighted by molar-refractivity contribution is -0.114. The summed E-state index contributed by atoms with van der Waals surface area (Å²) in [6.07, 6.45) is 12.3. The first-order chi connectivity index (χ1) is 11.7. The zero-order valence-corrected chi connectivity index (χ0v) is 14.3. The van der Waals surface area contributed by atoms with Gasteiger partial charge in [0.15, 0.2) is 5.78 Å². The molecule has 1 spiro atoms. The number of fused-ring (bicyclic) bond motifs is 3. The third kappa shape index (κ3) is 1.73. The molecular formula is C21H25NO2. The van der Waals surface area contributed by atoms with Crippen molar-refractivity contribution in [3.8, 4) is 6.07 Å². The number of ketones is 1. The number of hydrogen-bond acceptors (Lipinski definition) is 3. The fourth-order valence-electron chi connectivity index (χ4n) is 7.08. The van der Waals surface area contributed by atoms with Crippen molar-refractivity contribution in [1.82, 2.24) is 0 Å². The van der Waals surface area contributed by atoms with E-state index in [1.807, 2.05) is 6.08 Å². The lowest BCUT2D eigenvalue weighted by Gasteiger charge is -2.51. The van der Waals surface area contributed by atoms with Crippen LogP contribution >= 0.6 is 0 Å². The summed E-state index contributed by atoms with van der Waals surface area (Å²) in [5.74, 6) is 1.70. The largest absolute Gasteiger partial charge is 0.373 e. The molecule has 3 heteroatoms. The second kappa shape index (κ2) is 5.05. The summed E-state index contributed by atoms with van der Waals surface area (Å²) in [6, 6.07) is 2.44. The molecule has 0 aromatic rings. The molecule has 3 fully saturated rings. The van der Waals surface area contributed by atoms with Crippen molar-refractivity contribution in [3.63, 3.8) is 0 Å². The van der Waals surface area contributed by atoms with Crippen molar-refractivity contribution in [2.45, 2.75) is 69.8 Å². The van der Waals surface area contributed by atoms with Crippen LogP contribution in [0.4, 0.5) is 0 Å². The van der Waals surface area contributed by atoms with E-state index in [1.54, 1.807) is 5.57 Å². The van der Waals surface area contributed by atoms with E-state index in [2.05, 4.69) is 6.07 Å². The predicted molar refractivity (Wildman–Crippen MR) is 90.0 cm³/mol. The van der Waals surface area contributed by atoms with Gasteiger partial charge >= 0.3 is 0 Å². The molecule has 5 rings (SSSR count). The lowest BCUT2D eigenvalue weighted by atomic mass is 9.53. The maximum atomic E-state index is 11.8. The molecule has 0 radical (unpaired) electrons. The molecule has 0 bridgehead atoms. The molecule has 0 aromatic carbocycles. The van der Waals surface area contributed by atoms with E-state index in [9.17, 15) is 10.1 Å². The van der Waals surface area contributed by atoms with Crippen molar-refractivity contribution < 1.29 is 9.53 Å². The molecule has 0 amide bonds. The number of hydrogen-bond donors (Lipinski definition) is 0. The van der Waals surface area contributed by atoms with E-state index in [0.29, 0.717) is 30.5 Å². The van der Waals surface area contributed by atoms with Gasteiger partial charge in [-0.05, 0) is 80.4 Å². The quantitative estimate of drug-likeness (QED) is 0.725. The first-order valence-electron chi connectivity index (χ1n) is 9.66. The number of carbonyl (C=O) groups excluding carboxylic acids is 1. The molecule has 4 atom stereocenters. The number of ether oxygens (including phenoxy) is 1. The average Bonchev–Trinajstić information content (AvgIpc) is 3.07. The molecule has 0 N–H and O–H groups in total. The average molecular weight is 323 g/mol. The molecule has 1 saturated heterocycles. The smallest absolute Gasteiger partial charge is 0.156 e. The first-order valence-corrected chi connectivity index (χ1v) is 9.66. The minimum atomic E-state index is -0.152. The van der Waals surface area contributed by atoms with Crippen LogP contribution in [0.5, 0.6) is 0 Å². The fraction of sp³-hybridized carbons (Fsp3) is 0.714. The highest BCUT2D eigenvalue weighted by Crippen LogP contribution is 2.69. The molecule has 3 nitrogen and oxygen atoms in total. The number of nitriles is 1. The van der Waals surface area contributed by atoms with Gasteiger partial charge in [-0.2, -0.15) is 5.26 Å². The van der Waals surface area contributed by atoms with E-state index < -0.39 is 0 Å². The lowest BCUT2D eigenvalue weighted by Crippen LogP contribution is -2.48.